The normalized spacial score (nSPS) is 31.3. The first-order valence-corrected chi connectivity index (χ1v) is 6.81. The molecule has 2 rings (SSSR count). The summed E-state index contributed by atoms with van der Waals surface area (Å²) < 4.78 is 0. The fraction of sp³-hybridized carbons (Fsp3) is 0.923. The van der Waals surface area contributed by atoms with Gasteiger partial charge in [-0.2, -0.15) is 0 Å². The summed E-state index contributed by atoms with van der Waals surface area (Å²) >= 11 is 0. The van der Waals surface area contributed by atoms with Gasteiger partial charge in [-0.1, -0.05) is 26.2 Å². The Bertz CT molecular complexity index is 227. The molecule has 2 aliphatic rings. The molecule has 0 aliphatic heterocycles. The van der Waals surface area contributed by atoms with Crippen LogP contribution in [0.25, 0.3) is 0 Å². The molecule has 0 aromatic rings. The highest BCUT2D eigenvalue weighted by molar-refractivity contribution is 5.74. The minimum absolute atomic E-state index is 0.0611. The Hall–Kier alpha value is -0.730. The van der Waals surface area contributed by atoms with Gasteiger partial charge in [0.25, 0.3) is 0 Å². The van der Waals surface area contributed by atoms with Crippen molar-refractivity contribution < 1.29 is 4.79 Å². The maximum atomic E-state index is 11.8. The third kappa shape index (κ3) is 3.39. The molecule has 2 N–H and O–H groups in total. The Balaban J connectivity index is 1.67. The van der Waals surface area contributed by atoms with Gasteiger partial charge in [0.2, 0.25) is 0 Å². The van der Waals surface area contributed by atoms with E-state index in [-0.39, 0.29) is 6.03 Å². The van der Waals surface area contributed by atoms with Gasteiger partial charge < -0.3 is 10.6 Å². The Labute approximate surface area is 98.4 Å². The number of amides is 2. The Morgan fingerprint density at radius 3 is 2.25 bits per heavy atom. The summed E-state index contributed by atoms with van der Waals surface area (Å²) in [5.74, 6) is 0.778. The molecule has 2 aliphatic carbocycles. The topological polar surface area (TPSA) is 41.1 Å². The van der Waals surface area contributed by atoms with E-state index in [0.717, 1.165) is 31.6 Å². The predicted molar refractivity (Wildman–Crippen MR) is 65.3 cm³/mol. The van der Waals surface area contributed by atoms with E-state index in [1.165, 1.54) is 25.7 Å². The SMILES string of the molecule is CC1CCC(NC(=O)NC2CCCCC2)C1. The maximum Gasteiger partial charge on any atom is 0.315 e. The summed E-state index contributed by atoms with van der Waals surface area (Å²) in [6.07, 6.45) is 9.76. The van der Waals surface area contributed by atoms with Crippen LogP contribution in [0.1, 0.15) is 58.3 Å². The number of nitrogens with one attached hydrogen (secondary N) is 2. The largest absolute Gasteiger partial charge is 0.335 e. The lowest BCUT2D eigenvalue weighted by atomic mass is 9.96. The monoisotopic (exact) mass is 224 g/mol. The molecule has 2 saturated carbocycles. The summed E-state index contributed by atoms with van der Waals surface area (Å²) in [7, 11) is 0. The van der Waals surface area contributed by atoms with E-state index in [9.17, 15) is 4.79 Å². The zero-order chi connectivity index (χ0) is 11.4. The van der Waals surface area contributed by atoms with Crippen LogP contribution in [0, 0.1) is 5.92 Å². The van der Waals surface area contributed by atoms with Crippen molar-refractivity contribution in [3.63, 3.8) is 0 Å². The average molecular weight is 224 g/mol. The molecule has 0 bridgehead atoms. The predicted octanol–water partition coefficient (Wildman–Crippen LogP) is 2.81. The van der Waals surface area contributed by atoms with Gasteiger partial charge in [-0.15, -0.1) is 0 Å². The number of rotatable bonds is 2. The lowest BCUT2D eigenvalue weighted by Gasteiger charge is -2.24. The Morgan fingerprint density at radius 2 is 1.62 bits per heavy atom. The molecule has 0 aromatic heterocycles. The van der Waals surface area contributed by atoms with Crippen LogP contribution in [-0.4, -0.2) is 18.1 Å². The van der Waals surface area contributed by atoms with Crippen molar-refractivity contribution >= 4 is 6.03 Å². The van der Waals surface area contributed by atoms with Crippen molar-refractivity contribution in [2.75, 3.05) is 0 Å². The van der Waals surface area contributed by atoms with Crippen LogP contribution in [0.15, 0.2) is 0 Å². The molecule has 0 saturated heterocycles. The molecular formula is C13H24N2O. The number of hydrogen-bond donors (Lipinski definition) is 2. The molecule has 0 spiro atoms. The van der Waals surface area contributed by atoms with Gasteiger partial charge in [0.05, 0.1) is 0 Å². The molecule has 0 heterocycles. The van der Waals surface area contributed by atoms with E-state index in [0.29, 0.717) is 12.1 Å². The number of carbonyl (C=O) groups is 1. The van der Waals surface area contributed by atoms with Crippen LogP contribution < -0.4 is 10.6 Å². The van der Waals surface area contributed by atoms with Crippen molar-refractivity contribution in [1.82, 2.24) is 10.6 Å². The fourth-order valence-corrected chi connectivity index (χ4v) is 3.00. The van der Waals surface area contributed by atoms with E-state index in [2.05, 4.69) is 17.6 Å². The third-order valence-corrected chi connectivity index (χ3v) is 3.97. The second-order valence-corrected chi connectivity index (χ2v) is 5.57. The highest BCUT2D eigenvalue weighted by Gasteiger charge is 2.23. The van der Waals surface area contributed by atoms with Crippen LogP contribution in [-0.2, 0) is 0 Å². The molecule has 3 nitrogen and oxygen atoms in total. The maximum absolute atomic E-state index is 11.8. The van der Waals surface area contributed by atoms with Crippen molar-refractivity contribution in [1.29, 1.82) is 0 Å². The van der Waals surface area contributed by atoms with E-state index >= 15 is 0 Å². The number of hydrogen-bond acceptors (Lipinski definition) is 1. The lowest BCUT2D eigenvalue weighted by Crippen LogP contribution is -2.46. The second-order valence-electron chi connectivity index (χ2n) is 5.57. The van der Waals surface area contributed by atoms with Crippen molar-refractivity contribution in [2.24, 2.45) is 5.92 Å². The molecule has 2 unspecified atom stereocenters. The average Bonchev–Trinajstić information content (AvgIpc) is 2.65. The van der Waals surface area contributed by atoms with Crippen molar-refractivity contribution in [3.8, 4) is 0 Å². The van der Waals surface area contributed by atoms with Crippen LogP contribution in [0.3, 0.4) is 0 Å². The van der Waals surface area contributed by atoms with Crippen LogP contribution in [0.5, 0.6) is 0 Å². The minimum atomic E-state index is 0.0611. The molecule has 2 amide bonds. The van der Waals surface area contributed by atoms with Crippen molar-refractivity contribution in [2.45, 2.75) is 70.4 Å². The van der Waals surface area contributed by atoms with Gasteiger partial charge in [0.1, 0.15) is 0 Å². The van der Waals surface area contributed by atoms with E-state index in [1.54, 1.807) is 0 Å². The van der Waals surface area contributed by atoms with Crippen molar-refractivity contribution in [3.05, 3.63) is 0 Å². The number of carbonyl (C=O) groups excluding carboxylic acids is 1. The Kier molecular flexibility index (Phi) is 4.08. The smallest absolute Gasteiger partial charge is 0.315 e. The van der Waals surface area contributed by atoms with E-state index < -0.39 is 0 Å². The number of urea groups is 1. The van der Waals surface area contributed by atoms with Gasteiger partial charge in [-0.05, 0) is 38.0 Å². The first-order chi connectivity index (χ1) is 7.74. The molecule has 2 atom stereocenters. The summed E-state index contributed by atoms with van der Waals surface area (Å²) in [5.41, 5.74) is 0. The molecular weight excluding hydrogens is 200 g/mol. The fourth-order valence-electron chi connectivity index (χ4n) is 3.00. The zero-order valence-electron chi connectivity index (χ0n) is 10.3. The zero-order valence-corrected chi connectivity index (χ0v) is 10.3. The second kappa shape index (κ2) is 5.55. The summed E-state index contributed by atoms with van der Waals surface area (Å²) in [6.45, 7) is 2.26. The van der Waals surface area contributed by atoms with E-state index in [1.807, 2.05) is 0 Å². The highest BCUT2D eigenvalue weighted by atomic mass is 16.2. The first kappa shape index (κ1) is 11.7. The van der Waals surface area contributed by atoms with Gasteiger partial charge >= 0.3 is 6.03 Å². The van der Waals surface area contributed by atoms with Gasteiger partial charge in [0.15, 0.2) is 0 Å². The third-order valence-electron chi connectivity index (χ3n) is 3.97. The first-order valence-electron chi connectivity index (χ1n) is 6.81. The lowest BCUT2D eigenvalue weighted by molar-refractivity contribution is 0.228. The minimum Gasteiger partial charge on any atom is -0.335 e. The van der Waals surface area contributed by atoms with Gasteiger partial charge in [-0.25, -0.2) is 4.79 Å². The van der Waals surface area contributed by atoms with Crippen LogP contribution in [0.4, 0.5) is 4.79 Å². The molecule has 92 valence electrons. The summed E-state index contributed by atoms with van der Waals surface area (Å²) in [5, 5.41) is 6.22. The molecule has 16 heavy (non-hydrogen) atoms. The van der Waals surface area contributed by atoms with Gasteiger partial charge in [-0.3, -0.25) is 0 Å². The highest BCUT2D eigenvalue weighted by Crippen LogP contribution is 2.24. The van der Waals surface area contributed by atoms with Crippen LogP contribution in [0.2, 0.25) is 0 Å². The summed E-state index contributed by atoms with van der Waals surface area (Å²) in [6, 6.07) is 0.900. The quantitative estimate of drug-likeness (QED) is 0.744. The van der Waals surface area contributed by atoms with Gasteiger partial charge in [0, 0.05) is 12.1 Å². The van der Waals surface area contributed by atoms with E-state index in [4.69, 9.17) is 0 Å². The molecule has 0 radical (unpaired) electrons. The molecule has 3 heteroatoms. The Morgan fingerprint density at radius 1 is 0.938 bits per heavy atom. The van der Waals surface area contributed by atoms with Crippen LogP contribution >= 0.6 is 0 Å². The summed E-state index contributed by atoms with van der Waals surface area (Å²) in [4.78, 5) is 11.8. The molecule has 2 fully saturated rings. The molecule has 0 aromatic carbocycles. The standard InChI is InChI=1S/C13H24N2O/c1-10-7-8-12(9-10)15-13(16)14-11-5-3-2-4-6-11/h10-12H,2-9H2,1H3,(H2,14,15,16).